The molecule has 0 fully saturated rings. The zero-order chi connectivity index (χ0) is 14.8. The minimum Gasteiger partial charge on any atom is -0.413 e. The van der Waals surface area contributed by atoms with Crippen LogP contribution in [0.25, 0.3) is 0 Å². The van der Waals surface area contributed by atoms with Crippen molar-refractivity contribution in [2.24, 2.45) is 5.41 Å². The lowest BCUT2D eigenvalue weighted by molar-refractivity contribution is 0.0830. The molecule has 0 N–H and O–H groups in total. The van der Waals surface area contributed by atoms with Crippen molar-refractivity contribution in [1.82, 2.24) is 0 Å². The van der Waals surface area contributed by atoms with Gasteiger partial charge >= 0.3 is 0 Å². The molecule has 2 nitrogen and oxygen atoms in total. The van der Waals surface area contributed by atoms with Crippen LogP contribution in [0.3, 0.4) is 0 Å². The van der Waals surface area contributed by atoms with Gasteiger partial charge in [0.2, 0.25) is 0 Å². The number of benzene rings is 1. The number of halogens is 1. The van der Waals surface area contributed by atoms with Crippen molar-refractivity contribution < 1.29 is 13.6 Å². The smallest absolute Gasteiger partial charge is 0.171 e. The van der Waals surface area contributed by atoms with Gasteiger partial charge in [-0.15, -0.1) is 0 Å². The molecule has 1 aromatic carbocycles. The quantitative estimate of drug-likeness (QED) is 0.613. The summed E-state index contributed by atoms with van der Waals surface area (Å²) in [6.45, 7) is 11.7. The van der Waals surface area contributed by atoms with Crippen LogP contribution in [0.15, 0.2) is 18.2 Å². The molecule has 0 aliphatic heterocycles. The van der Waals surface area contributed by atoms with E-state index in [2.05, 4.69) is 13.1 Å². The highest BCUT2D eigenvalue weighted by molar-refractivity contribution is 6.48. The fraction of sp³-hybridized carbons (Fsp3) is 0.533. The molecule has 1 aromatic rings. The number of carbonyl (C=O) groups excluding carboxylic acids is 1. The zero-order valence-corrected chi connectivity index (χ0v) is 13.7. The van der Waals surface area contributed by atoms with Crippen LogP contribution in [-0.2, 0) is 4.43 Å². The molecule has 1 unspecified atom stereocenters. The summed E-state index contributed by atoms with van der Waals surface area (Å²) in [5.74, 6) is -0.487. The van der Waals surface area contributed by atoms with Crippen LogP contribution in [0.4, 0.5) is 4.39 Å². The maximum atomic E-state index is 14.2. The van der Waals surface area contributed by atoms with Crippen LogP contribution in [-0.4, -0.2) is 14.8 Å². The number of Topliss-reactive ketones (excluding diaryl/α,β-unsaturated/α-hetero) is 1. The molecule has 0 aromatic heterocycles. The van der Waals surface area contributed by atoms with Gasteiger partial charge in [-0.1, -0.05) is 32.9 Å². The molecule has 4 heteroatoms. The van der Waals surface area contributed by atoms with Gasteiger partial charge in [0.05, 0.1) is 6.10 Å². The lowest BCUT2D eigenvalue weighted by Gasteiger charge is -2.33. The summed E-state index contributed by atoms with van der Waals surface area (Å²) >= 11 is 0. The number of ketones is 1. The third-order valence-electron chi connectivity index (χ3n) is 2.88. The Labute approximate surface area is 116 Å². The van der Waals surface area contributed by atoms with E-state index in [0.29, 0.717) is 11.1 Å². The Morgan fingerprint density at radius 2 is 1.89 bits per heavy atom. The zero-order valence-electron chi connectivity index (χ0n) is 12.6. The Bertz CT molecular complexity index is 464. The lowest BCUT2D eigenvalue weighted by atomic mass is 9.84. The van der Waals surface area contributed by atoms with Crippen molar-refractivity contribution in [3.05, 3.63) is 35.1 Å². The Morgan fingerprint density at radius 3 is 2.26 bits per heavy atom. The molecule has 0 radical (unpaired) electrons. The fourth-order valence-corrected chi connectivity index (χ4v) is 3.07. The Morgan fingerprint density at radius 1 is 1.32 bits per heavy atom. The first-order chi connectivity index (χ1) is 8.62. The summed E-state index contributed by atoms with van der Waals surface area (Å²) in [5.41, 5.74) is 0.755. The lowest BCUT2D eigenvalue weighted by Crippen LogP contribution is -2.26. The van der Waals surface area contributed by atoms with Crippen LogP contribution in [0.2, 0.25) is 13.1 Å². The van der Waals surface area contributed by atoms with Crippen molar-refractivity contribution >= 4 is 14.8 Å². The molecule has 0 aliphatic rings. The molecule has 0 saturated heterocycles. The van der Waals surface area contributed by atoms with Crippen LogP contribution < -0.4 is 0 Å². The average molecular weight is 282 g/mol. The van der Waals surface area contributed by atoms with E-state index in [-0.39, 0.29) is 23.1 Å². The maximum absolute atomic E-state index is 14.2. The first-order valence-electron chi connectivity index (χ1n) is 6.58. The van der Waals surface area contributed by atoms with Crippen LogP contribution in [0.5, 0.6) is 0 Å². The summed E-state index contributed by atoms with van der Waals surface area (Å²) in [7, 11) is -1.28. The summed E-state index contributed by atoms with van der Waals surface area (Å²) in [6, 6.07) is 4.66. The predicted molar refractivity (Wildman–Crippen MR) is 78.6 cm³/mol. The van der Waals surface area contributed by atoms with Gasteiger partial charge in [0, 0.05) is 11.1 Å². The Hall–Kier alpha value is -1.00. The van der Waals surface area contributed by atoms with Crippen molar-refractivity contribution in [1.29, 1.82) is 0 Å². The van der Waals surface area contributed by atoms with E-state index >= 15 is 0 Å². The largest absolute Gasteiger partial charge is 0.413 e. The first-order valence-corrected chi connectivity index (χ1v) is 9.37. The second kappa shape index (κ2) is 5.97. The molecule has 106 valence electrons. The molecule has 0 spiro atoms. The van der Waals surface area contributed by atoms with Crippen molar-refractivity contribution in [3.8, 4) is 0 Å². The average Bonchev–Trinajstić information content (AvgIpc) is 2.24. The van der Waals surface area contributed by atoms with Gasteiger partial charge in [-0.05, 0) is 31.5 Å². The van der Waals surface area contributed by atoms with Crippen LogP contribution >= 0.6 is 0 Å². The fourth-order valence-electron chi connectivity index (χ4n) is 1.97. The summed E-state index contributed by atoms with van der Waals surface area (Å²) in [5, 5.41) is 0. The molecule has 0 heterocycles. The third-order valence-corrected chi connectivity index (χ3v) is 3.70. The third kappa shape index (κ3) is 4.25. The predicted octanol–water partition coefficient (Wildman–Crippen LogP) is 4.12. The highest BCUT2D eigenvalue weighted by Crippen LogP contribution is 2.37. The van der Waals surface area contributed by atoms with E-state index in [4.69, 9.17) is 4.43 Å². The van der Waals surface area contributed by atoms with Gasteiger partial charge in [0.25, 0.3) is 0 Å². The molecule has 19 heavy (non-hydrogen) atoms. The Balaban J connectivity index is 3.20. The van der Waals surface area contributed by atoms with Gasteiger partial charge in [-0.3, -0.25) is 4.79 Å². The van der Waals surface area contributed by atoms with E-state index in [0.717, 1.165) is 0 Å². The molecule has 0 saturated carbocycles. The number of hydrogen-bond donors (Lipinski definition) is 0. The van der Waals surface area contributed by atoms with E-state index in [1.165, 1.54) is 13.0 Å². The number of rotatable bonds is 4. The van der Waals surface area contributed by atoms with E-state index in [1.54, 1.807) is 12.1 Å². The van der Waals surface area contributed by atoms with Gasteiger partial charge in [-0.2, -0.15) is 0 Å². The van der Waals surface area contributed by atoms with Crippen LogP contribution in [0, 0.1) is 11.2 Å². The maximum Gasteiger partial charge on any atom is 0.171 e. The molecular weight excluding hydrogens is 259 g/mol. The second-order valence-corrected chi connectivity index (χ2v) is 8.59. The molecule has 0 aliphatic carbocycles. The van der Waals surface area contributed by atoms with Gasteiger partial charge < -0.3 is 4.43 Å². The highest BCUT2D eigenvalue weighted by atomic mass is 28.3. The molecule has 1 atom stereocenters. The molecular formula is C15H23FO2Si. The topological polar surface area (TPSA) is 26.3 Å². The van der Waals surface area contributed by atoms with Crippen molar-refractivity contribution in [2.75, 3.05) is 0 Å². The second-order valence-electron chi connectivity index (χ2n) is 6.22. The molecule has 0 bridgehead atoms. The van der Waals surface area contributed by atoms with E-state index < -0.39 is 9.04 Å². The molecule has 1 rings (SSSR count). The minimum atomic E-state index is -1.28. The van der Waals surface area contributed by atoms with Gasteiger partial charge in [-0.25, -0.2) is 4.39 Å². The summed E-state index contributed by atoms with van der Waals surface area (Å²) < 4.78 is 20.2. The minimum absolute atomic E-state index is 0.128. The first kappa shape index (κ1) is 16.1. The van der Waals surface area contributed by atoms with Crippen molar-refractivity contribution in [2.45, 2.75) is 46.9 Å². The standard InChI is InChI=1S/C15H23FO2Si/c1-10(17)11-7-8-12(13(16)9-11)14(15(2,3)4)18-19(5)6/h7-9,14,19H,1-6H3. The SMILES string of the molecule is CC(=O)c1ccc(C(O[SiH](C)C)C(C)(C)C)c(F)c1. The Kier molecular flexibility index (Phi) is 5.04. The van der Waals surface area contributed by atoms with Gasteiger partial charge in [0.1, 0.15) is 5.82 Å². The number of carbonyl (C=O) groups is 1. The monoisotopic (exact) mass is 282 g/mol. The van der Waals surface area contributed by atoms with Gasteiger partial charge in [0.15, 0.2) is 14.8 Å². The number of hydrogen-bond acceptors (Lipinski definition) is 2. The van der Waals surface area contributed by atoms with Crippen LogP contribution in [0.1, 0.15) is 49.7 Å². The van der Waals surface area contributed by atoms with E-state index in [9.17, 15) is 9.18 Å². The summed E-state index contributed by atoms with van der Waals surface area (Å²) in [6.07, 6.45) is -0.278. The normalized spacial score (nSPS) is 13.7. The van der Waals surface area contributed by atoms with Crippen molar-refractivity contribution in [3.63, 3.8) is 0 Å². The van der Waals surface area contributed by atoms with E-state index in [1.807, 2.05) is 20.8 Å². The highest BCUT2D eigenvalue weighted by Gasteiger charge is 2.30. The molecule has 0 amide bonds. The summed E-state index contributed by atoms with van der Waals surface area (Å²) in [4.78, 5) is 11.3.